The molecule has 1 heterocycles. The zero-order valence-electron chi connectivity index (χ0n) is 9.31. The van der Waals surface area contributed by atoms with Crippen molar-refractivity contribution in [1.82, 2.24) is 0 Å². The number of hydrogen-bond donors (Lipinski definition) is 0. The Morgan fingerprint density at radius 3 is 2.75 bits per heavy atom. The first-order valence-corrected chi connectivity index (χ1v) is 5.31. The van der Waals surface area contributed by atoms with Crippen molar-refractivity contribution in [3.63, 3.8) is 0 Å². The predicted molar refractivity (Wildman–Crippen MR) is 61.4 cm³/mol. The van der Waals surface area contributed by atoms with E-state index in [0.29, 0.717) is 24.5 Å². The average Bonchev–Trinajstić information content (AvgIpc) is 2.38. The maximum Gasteiger partial charge on any atom is 0.153 e. The summed E-state index contributed by atoms with van der Waals surface area (Å²) in [6.07, 6.45) is 0.822. The number of methoxy groups -OCH3 is 1. The van der Waals surface area contributed by atoms with Gasteiger partial charge in [-0.2, -0.15) is 0 Å². The smallest absolute Gasteiger partial charge is 0.153 e. The summed E-state index contributed by atoms with van der Waals surface area (Å²) < 4.78 is 10.6. The minimum absolute atomic E-state index is 0.589. The minimum Gasteiger partial charge on any atom is -0.494 e. The van der Waals surface area contributed by atoms with Crippen LogP contribution in [0.4, 0.5) is 5.69 Å². The number of para-hydroxylation sites is 1. The topological polar surface area (TPSA) is 38.8 Å². The third-order valence-corrected chi connectivity index (χ3v) is 2.71. The van der Waals surface area contributed by atoms with Crippen LogP contribution in [-0.2, 0) is 4.74 Å². The van der Waals surface area contributed by atoms with Crippen LogP contribution in [0.2, 0.25) is 0 Å². The van der Waals surface area contributed by atoms with Gasteiger partial charge in [0.2, 0.25) is 0 Å². The number of aldehydes is 1. The molecule has 16 heavy (non-hydrogen) atoms. The van der Waals surface area contributed by atoms with E-state index < -0.39 is 0 Å². The van der Waals surface area contributed by atoms with E-state index >= 15 is 0 Å². The first-order valence-electron chi connectivity index (χ1n) is 5.31. The summed E-state index contributed by atoms with van der Waals surface area (Å²) in [5.41, 5.74) is 1.56. The molecule has 1 aliphatic rings. The summed E-state index contributed by atoms with van der Waals surface area (Å²) in [6, 6.07) is 5.60. The number of rotatable bonds is 3. The second-order valence-corrected chi connectivity index (χ2v) is 3.62. The molecule has 0 aromatic heterocycles. The molecule has 0 radical (unpaired) electrons. The van der Waals surface area contributed by atoms with Crippen LogP contribution in [-0.4, -0.2) is 39.7 Å². The third kappa shape index (κ3) is 2.02. The molecule has 0 atom stereocenters. The summed E-state index contributed by atoms with van der Waals surface area (Å²) >= 11 is 0. The molecule has 0 unspecified atom stereocenters. The summed E-state index contributed by atoms with van der Waals surface area (Å²) in [5.74, 6) is 0.652. The van der Waals surface area contributed by atoms with Crippen LogP contribution in [0.15, 0.2) is 18.2 Å². The van der Waals surface area contributed by atoms with Gasteiger partial charge in [-0.1, -0.05) is 6.07 Å². The molecular weight excluding hydrogens is 206 g/mol. The largest absolute Gasteiger partial charge is 0.494 e. The van der Waals surface area contributed by atoms with Crippen LogP contribution in [0.5, 0.6) is 5.75 Å². The lowest BCUT2D eigenvalue weighted by atomic mass is 10.1. The van der Waals surface area contributed by atoms with Crippen molar-refractivity contribution in [3.8, 4) is 5.75 Å². The summed E-state index contributed by atoms with van der Waals surface area (Å²) in [7, 11) is 1.59. The number of ether oxygens (including phenoxy) is 2. The van der Waals surface area contributed by atoms with E-state index in [2.05, 4.69) is 4.90 Å². The maximum absolute atomic E-state index is 10.9. The Morgan fingerprint density at radius 2 is 2.12 bits per heavy atom. The van der Waals surface area contributed by atoms with E-state index in [1.807, 2.05) is 12.1 Å². The van der Waals surface area contributed by atoms with Crippen LogP contribution < -0.4 is 9.64 Å². The van der Waals surface area contributed by atoms with Gasteiger partial charge < -0.3 is 14.4 Å². The maximum atomic E-state index is 10.9. The van der Waals surface area contributed by atoms with E-state index in [9.17, 15) is 4.79 Å². The molecule has 1 aromatic carbocycles. The van der Waals surface area contributed by atoms with Crippen molar-refractivity contribution >= 4 is 12.0 Å². The molecule has 4 nitrogen and oxygen atoms in total. The van der Waals surface area contributed by atoms with Gasteiger partial charge >= 0.3 is 0 Å². The lowest BCUT2D eigenvalue weighted by Gasteiger charge is -2.30. The zero-order chi connectivity index (χ0) is 11.4. The molecular formula is C12H15NO3. The fourth-order valence-corrected chi connectivity index (χ4v) is 1.91. The highest BCUT2D eigenvalue weighted by Crippen LogP contribution is 2.31. The summed E-state index contributed by atoms with van der Waals surface area (Å²) in [4.78, 5) is 13.1. The Balaban J connectivity index is 2.34. The molecule has 1 aromatic rings. The second-order valence-electron chi connectivity index (χ2n) is 3.62. The molecule has 1 aliphatic heterocycles. The molecule has 1 fully saturated rings. The van der Waals surface area contributed by atoms with Crippen molar-refractivity contribution in [1.29, 1.82) is 0 Å². The first kappa shape index (κ1) is 11.0. The van der Waals surface area contributed by atoms with Gasteiger partial charge in [-0.05, 0) is 12.1 Å². The van der Waals surface area contributed by atoms with Crippen molar-refractivity contribution < 1.29 is 14.3 Å². The van der Waals surface area contributed by atoms with E-state index in [-0.39, 0.29) is 0 Å². The zero-order valence-corrected chi connectivity index (χ0v) is 9.31. The minimum atomic E-state index is 0.589. The van der Waals surface area contributed by atoms with Crippen LogP contribution in [0.3, 0.4) is 0 Å². The fourth-order valence-electron chi connectivity index (χ4n) is 1.91. The number of hydrogen-bond acceptors (Lipinski definition) is 4. The van der Waals surface area contributed by atoms with E-state index in [4.69, 9.17) is 9.47 Å². The summed E-state index contributed by atoms with van der Waals surface area (Å²) in [5, 5.41) is 0. The predicted octanol–water partition coefficient (Wildman–Crippen LogP) is 1.34. The Labute approximate surface area is 94.8 Å². The van der Waals surface area contributed by atoms with Crippen molar-refractivity contribution in [3.05, 3.63) is 23.8 Å². The van der Waals surface area contributed by atoms with Gasteiger partial charge in [0, 0.05) is 13.1 Å². The van der Waals surface area contributed by atoms with Gasteiger partial charge in [-0.15, -0.1) is 0 Å². The molecule has 0 amide bonds. The summed E-state index contributed by atoms with van der Waals surface area (Å²) in [6.45, 7) is 3.10. The van der Waals surface area contributed by atoms with Gasteiger partial charge in [-0.3, -0.25) is 4.79 Å². The standard InChI is InChI=1S/C12H15NO3/c1-15-12-10(9-14)3-2-4-11(12)13-5-7-16-8-6-13/h2-4,9H,5-8H2,1H3. The van der Waals surface area contributed by atoms with Crippen LogP contribution in [0.25, 0.3) is 0 Å². The van der Waals surface area contributed by atoms with E-state index in [1.54, 1.807) is 13.2 Å². The number of nitrogens with zero attached hydrogens (tertiary/aromatic N) is 1. The quantitative estimate of drug-likeness (QED) is 0.722. The highest BCUT2D eigenvalue weighted by Gasteiger charge is 2.17. The number of anilines is 1. The molecule has 0 aliphatic carbocycles. The lowest BCUT2D eigenvalue weighted by molar-refractivity contribution is 0.112. The first-order chi connectivity index (χ1) is 7.86. The molecule has 2 rings (SSSR count). The number of morpholine rings is 1. The Hall–Kier alpha value is -1.55. The van der Waals surface area contributed by atoms with Crippen molar-refractivity contribution in [2.24, 2.45) is 0 Å². The number of carbonyl (C=O) groups excluding carboxylic acids is 1. The molecule has 0 saturated carbocycles. The van der Waals surface area contributed by atoms with Gasteiger partial charge in [0.25, 0.3) is 0 Å². The fraction of sp³-hybridized carbons (Fsp3) is 0.417. The van der Waals surface area contributed by atoms with Crippen LogP contribution >= 0.6 is 0 Å². The van der Waals surface area contributed by atoms with Gasteiger partial charge in [-0.25, -0.2) is 0 Å². The van der Waals surface area contributed by atoms with Crippen LogP contribution in [0, 0.1) is 0 Å². The van der Waals surface area contributed by atoms with E-state index in [1.165, 1.54) is 0 Å². The SMILES string of the molecule is COc1c(C=O)cccc1N1CCOCC1. The molecule has 4 heteroatoms. The Kier molecular flexibility index (Phi) is 3.41. The van der Waals surface area contributed by atoms with Crippen molar-refractivity contribution in [2.75, 3.05) is 38.3 Å². The molecule has 0 spiro atoms. The Bertz CT molecular complexity index is 373. The van der Waals surface area contributed by atoms with Crippen LogP contribution in [0.1, 0.15) is 10.4 Å². The molecule has 86 valence electrons. The molecule has 0 N–H and O–H groups in total. The number of benzene rings is 1. The van der Waals surface area contributed by atoms with Gasteiger partial charge in [0.1, 0.15) is 0 Å². The number of carbonyl (C=O) groups is 1. The molecule has 1 saturated heterocycles. The normalized spacial score (nSPS) is 15.9. The van der Waals surface area contributed by atoms with Crippen molar-refractivity contribution in [2.45, 2.75) is 0 Å². The van der Waals surface area contributed by atoms with Gasteiger partial charge in [0.15, 0.2) is 12.0 Å². The lowest BCUT2D eigenvalue weighted by Crippen LogP contribution is -2.36. The third-order valence-electron chi connectivity index (χ3n) is 2.71. The monoisotopic (exact) mass is 221 g/mol. The van der Waals surface area contributed by atoms with Gasteiger partial charge in [0.05, 0.1) is 31.6 Å². The second kappa shape index (κ2) is 4.99. The molecule has 0 bridgehead atoms. The highest BCUT2D eigenvalue weighted by molar-refractivity contribution is 5.84. The van der Waals surface area contributed by atoms with E-state index in [0.717, 1.165) is 25.1 Å². The average molecular weight is 221 g/mol. The Morgan fingerprint density at radius 1 is 1.38 bits per heavy atom. The highest BCUT2D eigenvalue weighted by atomic mass is 16.5.